The number of thiazole rings is 1. The lowest BCUT2D eigenvalue weighted by Gasteiger charge is -2.23. The molecule has 29 heavy (non-hydrogen) atoms. The molecule has 1 atom stereocenters. The number of halogens is 1. The van der Waals surface area contributed by atoms with Gasteiger partial charge in [0.1, 0.15) is 21.7 Å². The summed E-state index contributed by atoms with van der Waals surface area (Å²) in [4.78, 5) is 19.9. The second kappa shape index (κ2) is 8.69. The second-order valence-electron chi connectivity index (χ2n) is 6.71. The predicted octanol–water partition coefficient (Wildman–Crippen LogP) is 4.90. The first-order valence-corrected chi connectivity index (χ1v) is 10.9. The van der Waals surface area contributed by atoms with Crippen LogP contribution in [0.5, 0.6) is 11.5 Å². The van der Waals surface area contributed by atoms with Crippen molar-refractivity contribution in [3.63, 3.8) is 0 Å². The number of rotatable bonds is 6. The van der Waals surface area contributed by atoms with Crippen molar-refractivity contribution >= 4 is 48.5 Å². The standard InChI is InChI=1S/C21H21BrN2O4S/c1-26-16-8-9-17(27-2)19-18(16)23-21(29-19)24(12-15-7-4-10-28-15)20(25)13-5-3-6-14(22)11-13/h3,5-6,8-9,11,15H,4,7,10,12H2,1-2H3. The summed E-state index contributed by atoms with van der Waals surface area (Å²) in [6.45, 7) is 1.18. The Morgan fingerprint density at radius 3 is 2.76 bits per heavy atom. The summed E-state index contributed by atoms with van der Waals surface area (Å²) in [5, 5.41) is 0.600. The summed E-state index contributed by atoms with van der Waals surface area (Å²) in [6.07, 6.45) is 1.94. The van der Waals surface area contributed by atoms with E-state index in [0.717, 1.165) is 28.6 Å². The molecule has 0 radical (unpaired) electrons. The van der Waals surface area contributed by atoms with E-state index in [4.69, 9.17) is 19.2 Å². The van der Waals surface area contributed by atoms with Crippen LogP contribution in [-0.2, 0) is 4.74 Å². The summed E-state index contributed by atoms with van der Waals surface area (Å²) in [7, 11) is 3.23. The van der Waals surface area contributed by atoms with Gasteiger partial charge in [-0.25, -0.2) is 4.98 Å². The molecule has 152 valence electrons. The van der Waals surface area contributed by atoms with Gasteiger partial charge < -0.3 is 14.2 Å². The zero-order valence-electron chi connectivity index (χ0n) is 16.2. The summed E-state index contributed by atoms with van der Waals surface area (Å²) in [6, 6.07) is 11.1. The van der Waals surface area contributed by atoms with E-state index in [1.807, 2.05) is 36.4 Å². The van der Waals surface area contributed by atoms with Crippen molar-refractivity contribution in [1.29, 1.82) is 0 Å². The number of nitrogens with zero attached hydrogens (tertiary/aromatic N) is 2. The van der Waals surface area contributed by atoms with E-state index in [1.165, 1.54) is 11.3 Å². The van der Waals surface area contributed by atoms with Crippen LogP contribution in [0, 0.1) is 0 Å². The van der Waals surface area contributed by atoms with Gasteiger partial charge in [0.05, 0.1) is 26.9 Å². The van der Waals surface area contributed by atoms with Crippen LogP contribution in [-0.4, -0.2) is 44.4 Å². The Balaban J connectivity index is 1.79. The highest BCUT2D eigenvalue weighted by molar-refractivity contribution is 9.10. The molecule has 1 amide bonds. The van der Waals surface area contributed by atoms with Gasteiger partial charge in [-0.3, -0.25) is 9.69 Å². The first-order valence-electron chi connectivity index (χ1n) is 9.31. The molecule has 1 aliphatic heterocycles. The number of amides is 1. The Hall–Kier alpha value is -2.16. The average molecular weight is 477 g/mol. The number of carbonyl (C=O) groups excluding carboxylic acids is 1. The highest BCUT2D eigenvalue weighted by Gasteiger charge is 2.28. The predicted molar refractivity (Wildman–Crippen MR) is 118 cm³/mol. The van der Waals surface area contributed by atoms with Crippen LogP contribution in [0.25, 0.3) is 10.2 Å². The minimum atomic E-state index is -0.112. The molecule has 1 saturated heterocycles. The molecule has 0 saturated carbocycles. The largest absolute Gasteiger partial charge is 0.495 e. The number of anilines is 1. The van der Waals surface area contributed by atoms with E-state index < -0.39 is 0 Å². The Bertz CT molecular complexity index is 992. The van der Waals surface area contributed by atoms with Crippen molar-refractivity contribution in [2.45, 2.75) is 18.9 Å². The lowest BCUT2D eigenvalue weighted by molar-refractivity contribution is 0.0917. The SMILES string of the molecule is COc1ccc(OC)c2sc(N(CC3CCCO3)C(=O)c3cccc(Br)c3)nc12. The third-order valence-corrected chi connectivity index (χ3v) is 6.44. The van der Waals surface area contributed by atoms with Crippen LogP contribution in [0.15, 0.2) is 40.9 Å². The third kappa shape index (κ3) is 4.10. The molecule has 3 aromatic rings. The average Bonchev–Trinajstić information content (AvgIpc) is 3.40. The van der Waals surface area contributed by atoms with Crippen molar-refractivity contribution in [1.82, 2.24) is 4.98 Å². The molecule has 0 bridgehead atoms. The molecule has 1 fully saturated rings. The fraction of sp³-hybridized carbons (Fsp3) is 0.333. The molecule has 0 spiro atoms. The molecule has 0 aliphatic carbocycles. The number of fused-ring (bicyclic) bond motifs is 1. The summed E-state index contributed by atoms with van der Waals surface area (Å²) >= 11 is 4.87. The Kier molecular flexibility index (Phi) is 6.03. The maximum atomic E-state index is 13.4. The first-order chi connectivity index (χ1) is 14.1. The second-order valence-corrected chi connectivity index (χ2v) is 8.60. The van der Waals surface area contributed by atoms with Gasteiger partial charge in [0.25, 0.3) is 5.91 Å². The van der Waals surface area contributed by atoms with E-state index >= 15 is 0 Å². The van der Waals surface area contributed by atoms with Crippen molar-refractivity contribution in [3.05, 3.63) is 46.4 Å². The van der Waals surface area contributed by atoms with Gasteiger partial charge in [-0.1, -0.05) is 33.3 Å². The quantitative estimate of drug-likeness (QED) is 0.506. The minimum Gasteiger partial charge on any atom is -0.495 e. The van der Waals surface area contributed by atoms with E-state index in [9.17, 15) is 4.79 Å². The Labute approximate surface area is 181 Å². The van der Waals surface area contributed by atoms with Gasteiger partial charge in [-0.2, -0.15) is 0 Å². The maximum Gasteiger partial charge on any atom is 0.260 e. The van der Waals surface area contributed by atoms with Crippen molar-refractivity contribution in [3.8, 4) is 11.5 Å². The van der Waals surface area contributed by atoms with Crippen molar-refractivity contribution < 1.29 is 19.0 Å². The van der Waals surface area contributed by atoms with E-state index in [1.54, 1.807) is 19.1 Å². The third-order valence-electron chi connectivity index (χ3n) is 4.86. The highest BCUT2D eigenvalue weighted by atomic mass is 79.9. The maximum absolute atomic E-state index is 13.4. The van der Waals surface area contributed by atoms with E-state index in [-0.39, 0.29) is 12.0 Å². The summed E-state index contributed by atoms with van der Waals surface area (Å²) < 4.78 is 18.5. The van der Waals surface area contributed by atoms with Gasteiger partial charge in [0, 0.05) is 16.6 Å². The molecule has 1 aromatic heterocycles. The Morgan fingerprint density at radius 2 is 2.07 bits per heavy atom. The zero-order valence-corrected chi connectivity index (χ0v) is 18.6. The van der Waals surface area contributed by atoms with Crippen LogP contribution in [0.2, 0.25) is 0 Å². The first kappa shape index (κ1) is 20.1. The molecule has 1 aliphatic rings. The van der Waals surface area contributed by atoms with E-state index in [0.29, 0.717) is 34.3 Å². The van der Waals surface area contributed by atoms with Gasteiger partial charge in [0.15, 0.2) is 5.13 Å². The molecular formula is C21H21BrN2O4S. The van der Waals surface area contributed by atoms with Gasteiger partial charge >= 0.3 is 0 Å². The number of benzene rings is 2. The van der Waals surface area contributed by atoms with Crippen LogP contribution in [0.4, 0.5) is 5.13 Å². The van der Waals surface area contributed by atoms with Gasteiger partial charge in [0.2, 0.25) is 0 Å². The number of hydrogen-bond acceptors (Lipinski definition) is 6. The monoisotopic (exact) mass is 476 g/mol. The molecule has 2 aromatic carbocycles. The van der Waals surface area contributed by atoms with E-state index in [2.05, 4.69) is 15.9 Å². The smallest absolute Gasteiger partial charge is 0.260 e. The van der Waals surface area contributed by atoms with Crippen molar-refractivity contribution in [2.24, 2.45) is 0 Å². The molecule has 1 unspecified atom stereocenters. The number of hydrogen-bond donors (Lipinski definition) is 0. The lowest BCUT2D eigenvalue weighted by atomic mass is 10.2. The zero-order chi connectivity index (χ0) is 20.4. The van der Waals surface area contributed by atoms with Crippen molar-refractivity contribution in [2.75, 3.05) is 32.3 Å². The number of carbonyl (C=O) groups is 1. The lowest BCUT2D eigenvalue weighted by Crippen LogP contribution is -2.37. The molecule has 6 nitrogen and oxygen atoms in total. The van der Waals surface area contributed by atoms with Crippen LogP contribution in [0.1, 0.15) is 23.2 Å². The van der Waals surface area contributed by atoms with Crippen LogP contribution < -0.4 is 14.4 Å². The minimum absolute atomic E-state index is 0.00177. The highest BCUT2D eigenvalue weighted by Crippen LogP contribution is 2.40. The van der Waals surface area contributed by atoms with Gasteiger partial charge in [-0.15, -0.1) is 0 Å². The topological polar surface area (TPSA) is 60.9 Å². The summed E-state index contributed by atoms with van der Waals surface area (Å²) in [5.41, 5.74) is 1.28. The van der Waals surface area contributed by atoms with Crippen LogP contribution in [0.3, 0.4) is 0 Å². The normalized spacial score (nSPS) is 16.2. The fourth-order valence-corrected chi connectivity index (χ4v) is 4.89. The molecular weight excluding hydrogens is 456 g/mol. The molecule has 8 heteroatoms. The Morgan fingerprint density at radius 1 is 1.28 bits per heavy atom. The number of ether oxygens (including phenoxy) is 3. The molecule has 4 rings (SSSR count). The fourth-order valence-electron chi connectivity index (χ4n) is 3.41. The molecule has 2 heterocycles. The van der Waals surface area contributed by atoms with Crippen LogP contribution >= 0.6 is 27.3 Å². The summed E-state index contributed by atoms with van der Waals surface area (Å²) in [5.74, 6) is 1.24. The number of methoxy groups -OCH3 is 2. The van der Waals surface area contributed by atoms with Gasteiger partial charge in [-0.05, 0) is 43.2 Å². The molecule has 0 N–H and O–H groups in total. The number of aromatic nitrogens is 1.